The number of carboxylic acid groups (broad SMARTS) is 1. The Morgan fingerprint density at radius 2 is 1.93 bits per heavy atom. The van der Waals surface area contributed by atoms with E-state index in [4.69, 9.17) is 0 Å². The number of aromatic nitrogens is 1. The first-order chi connectivity index (χ1) is 13.7. The topological polar surface area (TPSA) is 83.4 Å². The van der Waals surface area contributed by atoms with Gasteiger partial charge in [0, 0.05) is 18.8 Å². The molecule has 3 N–H and O–H groups in total. The number of hydrogen-bond donors (Lipinski definition) is 3. The molecule has 0 unspecified atom stereocenters. The summed E-state index contributed by atoms with van der Waals surface area (Å²) < 4.78 is 1.65. The fourth-order valence-electron chi connectivity index (χ4n) is 5.42. The minimum absolute atomic E-state index is 0.0977. The largest absolute Gasteiger partial charge is 0.477 e. The van der Waals surface area contributed by atoms with Crippen molar-refractivity contribution in [1.29, 1.82) is 0 Å². The maximum absolute atomic E-state index is 12.7. The number of benzene rings is 1. The molecule has 0 radical (unpaired) electrons. The van der Waals surface area contributed by atoms with Crippen LogP contribution in [0.4, 0.5) is 10.5 Å². The first-order valence-corrected chi connectivity index (χ1v) is 10.3. The van der Waals surface area contributed by atoms with Gasteiger partial charge in [-0.15, -0.1) is 0 Å². The first kappa shape index (κ1) is 19.6. The quantitative estimate of drug-likeness (QED) is 0.693. The number of aromatic carboxylic acids is 1. The minimum Gasteiger partial charge on any atom is -0.477 e. The summed E-state index contributed by atoms with van der Waals surface area (Å²) in [6.07, 6.45) is 5.05. The highest BCUT2D eigenvalue weighted by Crippen LogP contribution is 2.65. The van der Waals surface area contributed by atoms with Crippen LogP contribution in [0.5, 0.6) is 0 Å². The van der Waals surface area contributed by atoms with Crippen molar-refractivity contribution >= 4 is 17.7 Å². The Kier molecular flexibility index (Phi) is 4.68. The van der Waals surface area contributed by atoms with E-state index in [1.807, 2.05) is 30.3 Å². The van der Waals surface area contributed by atoms with Crippen molar-refractivity contribution in [3.63, 3.8) is 0 Å². The van der Waals surface area contributed by atoms with Crippen LogP contribution in [0, 0.1) is 16.7 Å². The molecule has 0 aliphatic heterocycles. The summed E-state index contributed by atoms with van der Waals surface area (Å²) >= 11 is 0. The molecule has 2 aromatic rings. The molecule has 6 nitrogen and oxygen atoms in total. The predicted molar refractivity (Wildman–Crippen MR) is 112 cm³/mol. The third-order valence-corrected chi connectivity index (χ3v) is 7.67. The van der Waals surface area contributed by atoms with Gasteiger partial charge in [0.15, 0.2) is 0 Å². The molecule has 2 aliphatic rings. The molecule has 6 heteroatoms. The Balaban J connectivity index is 1.46. The SMILES string of the molecule is CC1(C)[C@@H]2CC[C@@]1(C)[C@@H](NC(=O)Nc1cc(C(=O)O)n(Cc3ccccc3)c1)C2. The lowest BCUT2D eigenvalue weighted by atomic mass is 9.69. The van der Waals surface area contributed by atoms with Crippen molar-refractivity contribution < 1.29 is 14.7 Å². The van der Waals surface area contributed by atoms with E-state index in [1.165, 1.54) is 12.5 Å². The van der Waals surface area contributed by atoms with E-state index in [0.717, 1.165) is 18.4 Å². The second-order valence-corrected chi connectivity index (χ2v) is 9.29. The number of carbonyl (C=O) groups is 2. The summed E-state index contributed by atoms with van der Waals surface area (Å²) in [6.45, 7) is 7.34. The van der Waals surface area contributed by atoms with Crippen molar-refractivity contribution in [2.45, 2.75) is 52.6 Å². The number of hydrogen-bond acceptors (Lipinski definition) is 2. The molecule has 2 saturated carbocycles. The van der Waals surface area contributed by atoms with Crippen molar-refractivity contribution in [1.82, 2.24) is 9.88 Å². The molecule has 2 amide bonds. The van der Waals surface area contributed by atoms with Crippen LogP contribution in [0.3, 0.4) is 0 Å². The van der Waals surface area contributed by atoms with Gasteiger partial charge in [0.2, 0.25) is 0 Å². The smallest absolute Gasteiger partial charge is 0.352 e. The Hall–Kier alpha value is -2.76. The van der Waals surface area contributed by atoms with Gasteiger partial charge >= 0.3 is 12.0 Å². The summed E-state index contributed by atoms with van der Waals surface area (Å²) in [5.74, 6) is -0.375. The van der Waals surface area contributed by atoms with E-state index in [0.29, 0.717) is 18.2 Å². The van der Waals surface area contributed by atoms with Crippen molar-refractivity contribution in [3.05, 3.63) is 53.9 Å². The van der Waals surface area contributed by atoms with E-state index in [9.17, 15) is 14.7 Å². The molecule has 0 saturated heterocycles. The van der Waals surface area contributed by atoms with Gasteiger partial charge in [-0.2, -0.15) is 0 Å². The zero-order valence-electron chi connectivity index (χ0n) is 17.2. The highest BCUT2D eigenvalue weighted by molar-refractivity contribution is 5.93. The van der Waals surface area contributed by atoms with Gasteiger partial charge in [0.25, 0.3) is 0 Å². The Labute approximate surface area is 171 Å². The fraction of sp³-hybridized carbons (Fsp3) is 0.478. The lowest BCUT2D eigenvalue weighted by Crippen LogP contribution is -2.48. The molecule has 154 valence electrons. The number of urea groups is 1. The monoisotopic (exact) mass is 395 g/mol. The second kappa shape index (κ2) is 6.94. The Morgan fingerprint density at radius 1 is 1.21 bits per heavy atom. The van der Waals surface area contributed by atoms with Gasteiger partial charge in [-0.1, -0.05) is 51.1 Å². The molecule has 1 aromatic heterocycles. The number of fused-ring (bicyclic) bond motifs is 2. The minimum atomic E-state index is -1.02. The summed E-state index contributed by atoms with van der Waals surface area (Å²) in [5.41, 5.74) is 1.96. The molecular weight excluding hydrogens is 366 g/mol. The van der Waals surface area contributed by atoms with E-state index in [2.05, 4.69) is 31.4 Å². The van der Waals surface area contributed by atoms with Gasteiger partial charge in [0.1, 0.15) is 5.69 Å². The van der Waals surface area contributed by atoms with Crippen molar-refractivity contribution in [2.75, 3.05) is 5.32 Å². The van der Waals surface area contributed by atoms with Crippen molar-refractivity contribution in [2.24, 2.45) is 16.7 Å². The Morgan fingerprint density at radius 3 is 2.52 bits per heavy atom. The van der Waals surface area contributed by atoms with Crippen LogP contribution < -0.4 is 10.6 Å². The number of carboxylic acids is 1. The average Bonchev–Trinajstić information content (AvgIpc) is 3.21. The molecular formula is C23H29N3O3. The number of nitrogens with zero attached hydrogens (tertiary/aromatic N) is 1. The number of nitrogens with one attached hydrogen (secondary N) is 2. The second-order valence-electron chi connectivity index (χ2n) is 9.29. The predicted octanol–water partition coefficient (Wildman–Crippen LogP) is 4.57. The Bertz CT molecular complexity index is 934. The third-order valence-electron chi connectivity index (χ3n) is 7.67. The van der Waals surface area contributed by atoms with Crippen LogP contribution in [0.25, 0.3) is 0 Å². The molecule has 2 bridgehead atoms. The normalized spacial score (nSPS) is 27.0. The zero-order valence-corrected chi connectivity index (χ0v) is 17.2. The fourth-order valence-corrected chi connectivity index (χ4v) is 5.42. The molecule has 2 fully saturated rings. The lowest BCUT2D eigenvalue weighted by molar-refractivity contribution is 0.0685. The van der Waals surface area contributed by atoms with Crippen LogP contribution in [-0.4, -0.2) is 27.7 Å². The highest BCUT2D eigenvalue weighted by Gasteiger charge is 2.61. The van der Waals surface area contributed by atoms with Gasteiger partial charge in [0.05, 0.1) is 5.69 Å². The standard InChI is InChI=1S/C23H29N3O3/c1-22(2)16-9-10-23(22,3)19(11-16)25-21(29)24-17-12-18(20(27)28)26(14-17)13-15-7-5-4-6-8-15/h4-8,12,14,16,19H,9-11,13H2,1-3H3,(H,27,28)(H2,24,25,29)/t16-,19+,23+/m1/s1. The van der Waals surface area contributed by atoms with Crippen LogP contribution >= 0.6 is 0 Å². The van der Waals surface area contributed by atoms with E-state index in [-0.39, 0.29) is 28.6 Å². The van der Waals surface area contributed by atoms with E-state index in [1.54, 1.807) is 10.8 Å². The molecule has 2 aliphatic carbocycles. The van der Waals surface area contributed by atoms with E-state index >= 15 is 0 Å². The highest BCUT2D eigenvalue weighted by atomic mass is 16.4. The summed E-state index contributed by atoms with van der Waals surface area (Å²) in [5, 5.41) is 15.5. The molecule has 0 spiro atoms. The molecule has 1 aromatic carbocycles. The number of carbonyl (C=O) groups excluding carboxylic acids is 1. The van der Waals surface area contributed by atoms with Crippen LogP contribution in [0.2, 0.25) is 0 Å². The van der Waals surface area contributed by atoms with Gasteiger partial charge in [-0.3, -0.25) is 0 Å². The summed E-state index contributed by atoms with van der Waals surface area (Å²) in [4.78, 5) is 24.3. The molecule has 29 heavy (non-hydrogen) atoms. The van der Waals surface area contributed by atoms with Gasteiger partial charge < -0.3 is 20.3 Å². The van der Waals surface area contributed by atoms with Gasteiger partial charge in [-0.25, -0.2) is 9.59 Å². The maximum Gasteiger partial charge on any atom is 0.352 e. The molecule has 1 heterocycles. The summed E-state index contributed by atoms with van der Waals surface area (Å²) in [7, 11) is 0. The van der Waals surface area contributed by atoms with E-state index < -0.39 is 5.97 Å². The third kappa shape index (κ3) is 3.30. The lowest BCUT2D eigenvalue weighted by Gasteiger charge is -2.39. The zero-order chi connectivity index (χ0) is 20.8. The van der Waals surface area contributed by atoms with Crippen LogP contribution in [-0.2, 0) is 6.54 Å². The number of amides is 2. The number of anilines is 1. The average molecular weight is 396 g/mol. The van der Waals surface area contributed by atoms with Crippen LogP contribution in [0.1, 0.15) is 56.1 Å². The summed E-state index contributed by atoms with van der Waals surface area (Å²) in [6, 6.07) is 11.0. The number of rotatable bonds is 5. The van der Waals surface area contributed by atoms with Crippen LogP contribution in [0.15, 0.2) is 42.6 Å². The maximum atomic E-state index is 12.7. The molecule has 4 rings (SSSR count). The first-order valence-electron chi connectivity index (χ1n) is 10.3. The van der Waals surface area contributed by atoms with Crippen molar-refractivity contribution in [3.8, 4) is 0 Å². The van der Waals surface area contributed by atoms with Gasteiger partial charge in [-0.05, 0) is 47.6 Å². The molecule has 3 atom stereocenters.